The van der Waals surface area contributed by atoms with Gasteiger partial charge in [0.1, 0.15) is 0 Å². The molecule has 0 radical (unpaired) electrons. The highest BCUT2D eigenvalue weighted by atomic mass is 16.5. The number of ether oxygens (including phenoxy) is 1. The maximum Gasteiger partial charge on any atom is 0.310 e. The van der Waals surface area contributed by atoms with Crippen LogP contribution in [0, 0.1) is 0 Å². The van der Waals surface area contributed by atoms with Crippen molar-refractivity contribution in [3.8, 4) is 0 Å². The molecule has 0 bridgehead atoms. The largest absolute Gasteiger partial charge is 0.469 e. The van der Waals surface area contributed by atoms with E-state index in [-0.39, 0.29) is 17.9 Å². The molecule has 24 heavy (non-hydrogen) atoms. The van der Waals surface area contributed by atoms with Gasteiger partial charge < -0.3 is 9.64 Å². The Balaban J connectivity index is 2.48. The molecule has 130 valence electrons. The van der Waals surface area contributed by atoms with Crippen LogP contribution in [0.2, 0.25) is 0 Å². The van der Waals surface area contributed by atoms with Crippen molar-refractivity contribution >= 4 is 11.9 Å². The monoisotopic (exact) mass is 329 g/mol. The van der Waals surface area contributed by atoms with Gasteiger partial charge >= 0.3 is 5.97 Å². The van der Waals surface area contributed by atoms with Crippen LogP contribution in [0.25, 0.3) is 0 Å². The number of hydrogen-bond donors (Lipinski definition) is 0. The summed E-state index contributed by atoms with van der Waals surface area (Å²) in [6.07, 6.45) is 5.34. The number of carbonyl (C=O) groups is 2. The fourth-order valence-electron chi connectivity index (χ4n) is 2.38. The number of unbranched alkanes of at least 4 members (excludes halogenated alkanes) is 1. The first-order chi connectivity index (χ1) is 11.6. The van der Waals surface area contributed by atoms with Gasteiger partial charge in [-0.15, -0.1) is 6.58 Å². The number of hydrogen-bond acceptors (Lipinski definition) is 3. The molecule has 4 heteroatoms. The predicted molar refractivity (Wildman–Crippen MR) is 96.5 cm³/mol. The number of aryl methyl sites for hydroxylation is 1. The minimum atomic E-state index is -0.443. The van der Waals surface area contributed by atoms with Crippen LogP contribution in [0.1, 0.15) is 31.2 Å². The van der Waals surface area contributed by atoms with Crippen LogP contribution in [0.4, 0.5) is 0 Å². The molecule has 1 amide bonds. The molecular formula is C20H27NO3. The molecule has 1 aromatic rings. The zero-order chi connectivity index (χ0) is 17.8. The smallest absolute Gasteiger partial charge is 0.310 e. The standard InChI is InChI=1S/C20H27NO3/c1-4-5-14-21(20(23)17(2)16-19(22)24-3)15-10-9-13-18-11-7-6-8-12-18/h4,6-8,11-12H,1-2,5,9-10,13-16H2,3H3. The molecule has 0 aliphatic carbocycles. The first-order valence-corrected chi connectivity index (χ1v) is 8.27. The minimum absolute atomic E-state index is 0.0655. The quantitative estimate of drug-likeness (QED) is 0.270. The number of nitrogens with zero attached hydrogens (tertiary/aromatic N) is 1. The van der Waals surface area contributed by atoms with E-state index in [1.165, 1.54) is 12.7 Å². The summed E-state index contributed by atoms with van der Waals surface area (Å²) in [5, 5.41) is 0. The van der Waals surface area contributed by atoms with E-state index in [0.29, 0.717) is 13.1 Å². The molecule has 0 fully saturated rings. The van der Waals surface area contributed by atoms with E-state index in [1.54, 1.807) is 11.0 Å². The van der Waals surface area contributed by atoms with Crippen LogP contribution in [-0.2, 0) is 20.7 Å². The second kappa shape index (κ2) is 11.2. The molecule has 0 aromatic heterocycles. The number of amides is 1. The average Bonchev–Trinajstić information content (AvgIpc) is 2.61. The van der Waals surface area contributed by atoms with E-state index >= 15 is 0 Å². The van der Waals surface area contributed by atoms with Gasteiger partial charge in [-0.05, 0) is 31.2 Å². The van der Waals surface area contributed by atoms with Gasteiger partial charge in [-0.25, -0.2) is 0 Å². The fraction of sp³-hybridized carbons (Fsp3) is 0.400. The second-order valence-corrected chi connectivity index (χ2v) is 5.67. The maximum atomic E-state index is 12.4. The molecular weight excluding hydrogens is 302 g/mol. The number of esters is 1. The zero-order valence-corrected chi connectivity index (χ0v) is 14.5. The summed E-state index contributed by atoms with van der Waals surface area (Å²) in [5.41, 5.74) is 1.57. The van der Waals surface area contributed by atoms with E-state index < -0.39 is 5.97 Å². The third kappa shape index (κ3) is 7.27. The lowest BCUT2D eigenvalue weighted by Crippen LogP contribution is -2.34. The van der Waals surface area contributed by atoms with Crippen LogP contribution in [0.3, 0.4) is 0 Å². The van der Waals surface area contributed by atoms with Gasteiger partial charge in [0.05, 0.1) is 13.5 Å². The normalized spacial score (nSPS) is 10.0. The second-order valence-electron chi connectivity index (χ2n) is 5.67. The first-order valence-electron chi connectivity index (χ1n) is 8.27. The summed E-state index contributed by atoms with van der Waals surface area (Å²) in [6, 6.07) is 10.3. The van der Waals surface area contributed by atoms with E-state index in [2.05, 4.69) is 30.0 Å². The van der Waals surface area contributed by atoms with Gasteiger partial charge in [0, 0.05) is 18.7 Å². The van der Waals surface area contributed by atoms with Crippen LogP contribution < -0.4 is 0 Å². The van der Waals surface area contributed by atoms with Gasteiger partial charge in [-0.2, -0.15) is 0 Å². The van der Waals surface area contributed by atoms with Crippen LogP contribution in [0.15, 0.2) is 55.1 Å². The summed E-state index contributed by atoms with van der Waals surface area (Å²) in [7, 11) is 1.30. The van der Waals surface area contributed by atoms with Crippen molar-refractivity contribution in [2.45, 2.75) is 32.1 Å². The molecule has 0 spiro atoms. The molecule has 0 N–H and O–H groups in total. The van der Waals surface area contributed by atoms with Crippen LogP contribution in [-0.4, -0.2) is 37.0 Å². The molecule has 0 unspecified atom stereocenters. The summed E-state index contributed by atoms with van der Waals surface area (Å²) in [6.45, 7) is 8.67. The van der Waals surface area contributed by atoms with E-state index in [1.807, 2.05) is 18.2 Å². The lowest BCUT2D eigenvalue weighted by Gasteiger charge is -2.23. The van der Waals surface area contributed by atoms with Gasteiger partial charge in [-0.1, -0.05) is 43.0 Å². The summed E-state index contributed by atoms with van der Waals surface area (Å²) >= 11 is 0. The van der Waals surface area contributed by atoms with Crippen molar-refractivity contribution in [3.63, 3.8) is 0 Å². The Morgan fingerprint density at radius 2 is 1.88 bits per heavy atom. The first kappa shape index (κ1) is 19.7. The van der Waals surface area contributed by atoms with Crippen molar-refractivity contribution in [2.75, 3.05) is 20.2 Å². The molecule has 1 rings (SSSR count). The van der Waals surface area contributed by atoms with E-state index in [9.17, 15) is 9.59 Å². The third-order valence-corrected chi connectivity index (χ3v) is 3.76. The Morgan fingerprint density at radius 1 is 1.17 bits per heavy atom. The molecule has 0 aliphatic rings. The van der Waals surface area contributed by atoms with E-state index in [4.69, 9.17) is 0 Å². The Bertz CT molecular complexity index is 551. The lowest BCUT2D eigenvalue weighted by atomic mass is 10.1. The SMILES string of the molecule is C=CCCN(CCCCc1ccccc1)C(=O)C(=C)CC(=O)OC. The predicted octanol–water partition coefficient (Wildman–Crippen LogP) is 3.53. The van der Waals surface area contributed by atoms with Crippen molar-refractivity contribution in [1.82, 2.24) is 4.90 Å². The Morgan fingerprint density at radius 3 is 2.50 bits per heavy atom. The molecule has 0 saturated heterocycles. The zero-order valence-electron chi connectivity index (χ0n) is 14.5. The molecule has 0 saturated carbocycles. The highest BCUT2D eigenvalue weighted by molar-refractivity contribution is 5.97. The molecule has 0 atom stereocenters. The summed E-state index contributed by atoms with van der Waals surface area (Å²) in [5.74, 6) is -0.622. The van der Waals surface area contributed by atoms with Crippen molar-refractivity contribution in [2.24, 2.45) is 0 Å². The number of methoxy groups -OCH3 is 1. The minimum Gasteiger partial charge on any atom is -0.469 e. The van der Waals surface area contributed by atoms with Gasteiger partial charge in [0.2, 0.25) is 5.91 Å². The number of rotatable bonds is 11. The van der Waals surface area contributed by atoms with Gasteiger partial charge in [0.25, 0.3) is 0 Å². The Labute approximate surface area is 144 Å². The third-order valence-electron chi connectivity index (χ3n) is 3.76. The molecule has 1 aromatic carbocycles. The molecule has 4 nitrogen and oxygen atoms in total. The van der Waals surface area contributed by atoms with Crippen LogP contribution >= 0.6 is 0 Å². The Kier molecular flexibility index (Phi) is 9.20. The van der Waals surface area contributed by atoms with Crippen molar-refractivity contribution < 1.29 is 14.3 Å². The van der Waals surface area contributed by atoms with Crippen LogP contribution in [0.5, 0.6) is 0 Å². The van der Waals surface area contributed by atoms with Gasteiger partial charge in [0.15, 0.2) is 0 Å². The molecule has 0 heterocycles. The summed E-state index contributed by atoms with van der Waals surface area (Å²) < 4.78 is 4.59. The molecule has 0 aliphatic heterocycles. The Hall–Kier alpha value is -2.36. The lowest BCUT2D eigenvalue weighted by molar-refractivity contribution is -0.141. The summed E-state index contributed by atoms with van der Waals surface area (Å²) in [4.78, 5) is 25.5. The number of benzene rings is 1. The van der Waals surface area contributed by atoms with Crippen molar-refractivity contribution in [1.29, 1.82) is 0 Å². The highest BCUT2D eigenvalue weighted by Crippen LogP contribution is 2.10. The number of carbonyl (C=O) groups excluding carboxylic acids is 2. The maximum absolute atomic E-state index is 12.4. The topological polar surface area (TPSA) is 46.6 Å². The van der Waals surface area contributed by atoms with E-state index in [0.717, 1.165) is 25.7 Å². The highest BCUT2D eigenvalue weighted by Gasteiger charge is 2.18. The van der Waals surface area contributed by atoms with Gasteiger partial charge in [-0.3, -0.25) is 9.59 Å². The fourth-order valence-corrected chi connectivity index (χ4v) is 2.38. The average molecular weight is 329 g/mol. The van der Waals surface area contributed by atoms with Crippen molar-refractivity contribution in [3.05, 3.63) is 60.7 Å².